The average molecular weight is 372 g/mol. The Morgan fingerprint density at radius 1 is 0.621 bits per heavy atom. The molecule has 4 aromatic heterocycles. The lowest BCUT2D eigenvalue weighted by Crippen LogP contribution is -2.01. The van der Waals surface area contributed by atoms with Gasteiger partial charge in [-0.1, -0.05) is 48.5 Å². The summed E-state index contributed by atoms with van der Waals surface area (Å²) in [7, 11) is 0. The molecule has 0 aliphatic rings. The standard InChI is InChI=1S/C25H16N4/c1-2-9-17(10-3-1)28-20-13-6-4-11-18(20)23-22-15-8-16-27(22)25-26-19-12-5-7-14-21(19)29(25)24(23)28/h1-16H. The Bertz CT molecular complexity index is 1700. The molecule has 0 bridgehead atoms. The summed E-state index contributed by atoms with van der Waals surface area (Å²) in [6.07, 6.45) is 2.10. The molecule has 0 fully saturated rings. The number of hydrogen-bond donors (Lipinski definition) is 0. The van der Waals surface area contributed by atoms with Crippen molar-refractivity contribution in [3.63, 3.8) is 0 Å². The van der Waals surface area contributed by atoms with Gasteiger partial charge in [0.1, 0.15) is 5.65 Å². The Morgan fingerprint density at radius 3 is 2.24 bits per heavy atom. The summed E-state index contributed by atoms with van der Waals surface area (Å²) in [5, 5.41) is 2.49. The van der Waals surface area contributed by atoms with Crippen LogP contribution in [0.3, 0.4) is 0 Å². The molecule has 3 aromatic carbocycles. The van der Waals surface area contributed by atoms with Crippen LogP contribution >= 0.6 is 0 Å². The van der Waals surface area contributed by atoms with Crippen molar-refractivity contribution in [3.05, 3.63) is 97.2 Å². The van der Waals surface area contributed by atoms with E-state index in [0.717, 1.165) is 28.1 Å². The molecule has 0 N–H and O–H groups in total. The maximum Gasteiger partial charge on any atom is 0.221 e. The summed E-state index contributed by atoms with van der Waals surface area (Å²) in [5.74, 6) is 0.929. The van der Waals surface area contributed by atoms with Gasteiger partial charge in [-0.2, -0.15) is 0 Å². The fraction of sp³-hybridized carbons (Fsp3) is 0. The topological polar surface area (TPSA) is 26.6 Å². The molecule has 7 rings (SSSR count). The normalized spacial score (nSPS) is 12.1. The SMILES string of the molecule is c1ccc(-n2c3ccccc3c3c4cccn4c4nc5ccccc5n4c32)cc1. The van der Waals surface area contributed by atoms with Gasteiger partial charge in [0.2, 0.25) is 5.78 Å². The quantitative estimate of drug-likeness (QED) is 0.356. The predicted molar refractivity (Wildman–Crippen MR) is 118 cm³/mol. The molecule has 29 heavy (non-hydrogen) atoms. The molecule has 0 aliphatic carbocycles. The van der Waals surface area contributed by atoms with E-state index in [9.17, 15) is 0 Å². The van der Waals surface area contributed by atoms with E-state index in [1.807, 2.05) is 6.07 Å². The van der Waals surface area contributed by atoms with Crippen LogP contribution in [0.4, 0.5) is 0 Å². The fourth-order valence-corrected chi connectivity index (χ4v) is 4.67. The summed E-state index contributed by atoms with van der Waals surface area (Å²) in [6, 6.07) is 31.9. The first-order chi connectivity index (χ1) is 14.4. The van der Waals surface area contributed by atoms with Crippen LogP contribution in [-0.4, -0.2) is 18.4 Å². The van der Waals surface area contributed by atoms with Crippen molar-refractivity contribution >= 4 is 44.3 Å². The monoisotopic (exact) mass is 372 g/mol. The van der Waals surface area contributed by atoms with Crippen molar-refractivity contribution in [2.75, 3.05) is 0 Å². The van der Waals surface area contributed by atoms with Crippen LogP contribution in [0.5, 0.6) is 0 Å². The van der Waals surface area contributed by atoms with Crippen LogP contribution in [-0.2, 0) is 0 Å². The van der Waals surface area contributed by atoms with Crippen LogP contribution in [0.1, 0.15) is 0 Å². The van der Waals surface area contributed by atoms with E-state index < -0.39 is 0 Å². The van der Waals surface area contributed by atoms with Gasteiger partial charge in [-0.25, -0.2) is 4.98 Å². The van der Waals surface area contributed by atoms with Crippen molar-refractivity contribution in [3.8, 4) is 5.69 Å². The molecule has 0 saturated heterocycles. The molecule has 7 aromatic rings. The van der Waals surface area contributed by atoms with Gasteiger partial charge < -0.3 is 0 Å². The Labute approximate surface area is 165 Å². The lowest BCUT2D eigenvalue weighted by Gasteiger charge is -2.10. The molecule has 0 aliphatic heterocycles. The summed E-state index contributed by atoms with van der Waals surface area (Å²) in [4.78, 5) is 4.98. The van der Waals surface area contributed by atoms with Gasteiger partial charge in [-0.05, 0) is 42.5 Å². The third-order valence-electron chi connectivity index (χ3n) is 5.84. The summed E-state index contributed by atoms with van der Waals surface area (Å²) in [6.45, 7) is 0. The third-order valence-corrected chi connectivity index (χ3v) is 5.84. The van der Waals surface area contributed by atoms with Gasteiger partial charge in [0.15, 0.2) is 0 Å². The molecule has 0 spiro atoms. The molecule has 0 radical (unpaired) electrons. The molecular formula is C25H16N4. The molecule has 0 atom stereocenters. The average Bonchev–Trinajstić information content (AvgIpc) is 3.47. The number of para-hydroxylation sites is 4. The first kappa shape index (κ1) is 14.9. The molecule has 136 valence electrons. The van der Waals surface area contributed by atoms with Crippen LogP contribution in [0.25, 0.3) is 50.0 Å². The minimum Gasteiger partial charge on any atom is -0.295 e. The number of hydrogen-bond acceptors (Lipinski definition) is 1. The highest BCUT2D eigenvalue weighted by Gasteiger charge is 2.21. The van der Waals surface area contributed by atoms with E-state index in [1.54, 1.807) is 0 Å². The second-order valence-electron chi connectivity index (χ2n) is 7.39. The maximum absolute atomic E-state index is 4.98. The Morgan fingerprint density at radius 2 is 1.34 bits per heavy atom. The second kappa shape index (κ2) is 5.26. The molecule has 4 nitrogen and oxygen atoms in total. The maximum atomic E-state index is 4.98. The van der Waals surface area contributed by atoms with Crippen molar-refractivity contribution < 1.29 is 0 Å². The lowest BCUT2D eigenvalue weighted by atomic mass is 10.2. The van der Waals surface area contributed by atoms with Crippen molar-refractivity contribution in [2.45, 2.75) is 0 Å². The third kappa shape index (κ3) is 1.81. The van der Waals surface area contributed by atoms with E-state index in [1.165, 1.54) is 21.8 Å². The van der Waals surface area contributed by atoms with E-state index in [2.05, 4.69) is 104 Å². The zero-order valence-corrected chi connectivity index (χ0v) is 15.5. The minimum atomic E-state index is 0.929. The zero-order valence-electron chi connectivity index (χ0n) is 15.5. The number of benzene rings is 3. The highest BCUT2D eigenvalue weighted by atomic mass is 15.2. The summed E-state index contributed by atoms with van der Waals surface area (Å²) in [5.41, 5.74) is 6.78. The number of fused-ring (bicyclic) bond motifs is 10. The number of nitrogens with zero attached hydrogens (tertiary/aromatic N) is 4. The van der Waals surface area contributed by atoms with Crippen molar-refractivity contribution in [2.24, 2.45) is 0 Å². The van der Waals surface area contributed by atoms with E-state index in [0.29, 0.717) is 0 Å². The largest absolute Gasteiger partial charge is 0.295 e. The van der Waals surface area contributed by atoms with E-state index >= 15 is 0 Å². The highest BCUT2D eigenvalue weighted by Crippen LogP contribution is 2.37. The van der Waals surface area contributed by atoms with Gasteiger partial charge in [0.25, 0.3) is 0 Å². The molecule has 4 heteroatoms. The smallest absolute Gasteiger partial charge is 0.221 e. The first-order valence-corrected chi connectivity index (χ1v) is 9.76. The van der Waals surface area contributed by atoms with Crippen LogP contribution in [0.15, 0.2) is 97.2 Å². The number of rotatable bonds is 1. The first-order valence-electron chi connectivity index (χ1n) is 9.76. The van der Waals surface area contributed by atoms with Crippen LogP contribution in [0, 0.1) is 0 Å². The molecular weight excluding hydrogens is 356 g/mol. The lowest BCUT2D eigenvalue weighted by molar-refractivity contribution is 1.07. The Balaban J connectivity index is 1.91. The number of aromatic nitrogens is 4. The fourth-order valence-electron chi connectivity index (χ4n) is 4.67. The second-order valence-corrected chi connectivity index (χ2v) is 7.39. The predicted octanol–water partition coefficient (Wildman–Crippen LogP) is 5.84. The van der Waals surface area contributed by atoms with E-state index in [4.69, 9.17) is 4.98 Å². The molecule has 0 unspecified atom stereocenters. The van der Waals surface area contributed by atoms with Gasteiger partial charge in [0, 0.05) is 22.7 Å². The van der Waals surface area contributed by atoms with Gasteiger partial charge in [-0.3, -0.25) is 13.4 Å². The van der Waals surface area contributed by atoms with Crippen molar-refractivity contribution in [1.29, 1.82) is 0 Å². The summed E-state index contributed by atoms with van der Waals surface area (Å²) < 4.78 is 6.85. The molecule has 0 saturated carbocycles. The van der Waals surface area contributed by atoms with Crippen molar-refractivity contribution in [1.82, 2.24) is 18.4 Å². The highest BCUT2D eigenvalue weighted by molar-refractivity contribution is 6.16. The zero-order chi connectivity index (χ0) is 18.9. The molecule has 0 amide bonds. The Hall–Kier alpha value is -4.05. The Kier molecular flexibility index (Phi) is 2.71. The van der Waals surface area contributed by atoms with Gasteiger partial charge in [-0.15, -0.1) is 0 Å². The van der Waals surface area contributed by atoms with Crippen LogP contribution < -0.4 is 0 Å². The van der Waals surface area contributed by atoms with Gasteiger partial charge in [0.05, 0.1) is 22.1 Å². The van der Waals surface area contributed by atoms with Crippen LogP contribution in [0.2, 0.25) is 0 Å². The number of imidazole rings is 1. The minimum absolute atomic E-state index is 0.929. The van der Waals surface area contributed by atoms with Gasteiger partial charge >= 0.3 is 0 Å². The van der Waals surface area contributed by atoms with E-state index in [-0.39, 0.29) is 0 Å². The summed E-state index contributed by atoms with van der Waals surface area (Å²) >= 11 is 0. The molecule has 4 heterocycles.